The van der Waals surface area contributed by atoms with Crippen LogP contribution in [0.15, 0.2) is 99.1 Å². The number of aliphatic hydroxyl groups excluding tert-OH is 2. The number of benzene rings is 3. The number of aliphatic hydroxyl groups is 2. The number of anilines is 1. The van der Waals surface area contributed by atoms with Crippen molar-refractivity contribution >= 4 is 55.4 Å². The number of halogens is 1. The zero-order chi connectivity index (χ0) is 46.2. The summed E-state index contributed by atoms with van der Waals surface area (Å²) in [6.45, 7) is 21.7. The summed E-state index contributed by atoms with van der Waals surface area (Å²) in [6, 6.07) is 17.6. The molecule has 0 fully saturated rings. The van der Waals surface area contributed by atoms with Crippen LogP contribution in [0.5, 0.6) is 0 Å². The van der Waals surface area contributed by atoms with Crippen LogP contribution in [0.1, 0.15) is 83.1 Å². The Morgan fingerprint density at radius 2 is 1.13 bits per heavy atom. The van der Waals surface area contributed by atoms with Gasteiger partial charge in [0.1, 0.15) is 0 Å². The van der Waals surface area contributed by atoms with Crippen LogP contribution in [-0.2, 0) is 58.4 Å². The molecule has 0 saturated carbocycles. The van der Waals surface area contributed by atoms with E-state index in [1.807, 2.05) is 36.4 Å². The Morgan fingerprint density at radius 3 is 1.63 bits per heavy atom. The van der Waals surface area contributed by atoms with E-state index in [9.17, 15) is 33.9 Å². The molecule has 0 saturated heterocycles. The molecule has 0 radical (unpaired) electrons. The molecule has 4 aliphatic heterocycles. The summed E-state index contributed by atoms with van der Waals surface area (Å²) < 4.78 is 5.98. The number of hydrogen-bond donors (Lipinski definition) is 2. The first-order valence-electron chi connectivity index (χ1n) is 21.3. The molecule has 6 heterocycles. The number of para-hydroxylation sites is 3. The van der Waals surface area contributed by atoms with Crippen LogP contribution in [0, 0.1) is 0 Å². The first-order valence-corrected chi connectivity index (χ1v) is 22.5. The van der Waals surface area contributed by atoms with Crippen molar-refractivity contribution in [2.24, 2.45) is 0 Å². The lowest BCUT2D eigenvalue weighted by Gasteiger charge is -2.41. The van der Waals surface area contributed by atoms with Crippen molar-refractivity contribution in [2.45, 2.75) is 116 Å². The topological polar surface area (TPSA) is 166 Å². The number of Topliss-reactive ketones (excluding diaryl/α,β-unsaturated/α-hetero) is 1. The Balaban J connectivity index is 0.000000152. The molecule has 5 aromatic rings. The van der Waals surface area contributed by atoms with E-state index >= 15 is 0 Å². The summed E-state index contributed by atoms with van der Waals surface area (Å²) in [5.74, 6) is -0.616. The van der Waals surface area contributed by atoms with Crippen molar-refractivity contribution in [3.8, 4) is 0 Å². The highest BCUT2D eigenvalue weighted by molar-refractivity contribution is 9.09. The average molecular weight is 925 g/mol. The number of carbonyl (C=O) groups is 2. The minimum Gasteiger partial charge on any atom is -0.394 e. The molecule has 4 aliphatic rings. The molecule has 0 spiro atoms. The van der Waals surface area contributed by atoms with Crippen LogP contribution in [0.2, 0.25) is 0 Å². The zero-order valence-electron chi connectivity index (χ0n) is 37.1. The lowest BCUT2D eigenvalue weighted by molar-refractivity contribution is -0.136. The maximum Gasteiger partial charge on any atom is 0.317 e. The van der Waals surface area contributed by atoms with Gasteiger partial charge in [-0.25, -0.2) is 0 Å². The third kappa shape index (κ3) is 8.77. The summed E-state index contributed by atoms with van der Waals surface area (Å²) in [4.78, 5) is 74.5. The number of nitrogens with zero attached hydrogens (tertiary/aromatic N) is 5. The highest BCUT2D eigenvalue weighted by atomic mass is 79.9. The van der Waals surface area contributed by atoms with Crippen LogP contribution in [0.4, 0.5) is 5.69 Å². The fourth-order valence-electron chi connectivity index (χ4n) is 9.12. The maximum absolute atomic E-state index is 12.4. The lowest BCUT2D eigenvalue weighted by Crippen LogP contribution is -2.47. The number of carbonyl (C=O) groups excluding carboxylic acids is 2. The summed E-state index contributed by atoms with van der Waals surface area (Å²) >= 11 is 3.13. The van der Waals surface area contributed by atoms with Gasteiger partial charge in [-0.3, -0.25) is 37.9 Å². The average Bonchev–Trinajstić information content (AvgIpc) is 3.26. The first kappa shape index (κ1) is 47.0. The van der Waals surface area contributed by atoms with E-state index in [1.165, 1.54) is 14.7 Å². The minimum atomic E-state index is -1.07. The number of ketones is 1. The molecule has 1 atom stereocenters. The monoisotopic (exact) mass is 923 g/mol. The summed E-state index contributed by atoms with van der Waals surface area (Å²) in [7, 11) is 0. The second-order valence-electron chi connectivity index (χ2n) is 18.4. The molecule has 1 amide bonds. The maximum atomic E-state index is 12.4. The van der Waals surface area contributed by atoms with Gasteiger partial charge in [-0.2, -0.15) is 0 Å². The zero-order valence-corrected chi connectivity index (χ0v) is 38.7. The number of aromatic nitrogens is 4. The summed E-state index contributed by atoms with van der Waals surface area (Å²) in [5.41, 5.74) is 6.36. The van der Waals surface area contributed by atoms with E-state index in [-0.39, 0.29) is 40.9 Å². The van der Waals surface area contributed by atoms with Crippen LogP contribution in [0.25, 0.3) is 22.1 Å². The molecule has 2 N–H and O–H groups in total. The molecule has 334 valence electrons. The highest BCUT2D eigenvalue weighted by Crippen LogP contribution is 2.43. The van der Waals surface area contributed by atoms with Gasteiger partial charge in [0.15, 0.2) is 0 Å². The van der Waals surface area contributed by atoms with E-state index in [0.29, 0.717) is 31.7 Å². The van der Waals surface area contributed by atoms with Crippen molar-refractivity contribution < 1.29 is 19.8 Å². The minimum absolute atomic E-state index is 0.0162. The Hall–Kier alpha value is -5.44. The number of alkyl halides is 1. The SMILES string of the molecule is C=CCBr.C=CCn1c(=O)c(=O)n2c3c(cccc31)C(C)(C)CC2.CC1(C)CCN2C(=O)C(=O)Cc3cccc1c32.CC1(C)CCn2c(=O)c(=O)n(CC(O)CO)c3cccc1c32. The van der Waals surface area contributed by atoms with Crippen molar-refractivity contribution in [3.63, 3.8) is 0 Å². The van der Waals surface area contributed by atoms with Gasteiger partial charge in [0.25, 0.3) is 5.91 Å². The van der Waals surface area contributed by atoms with Gasteiger partial charge in [-0.15, -0.1) is 13.2 Å². The predicted molar refractivity (Wildman–Crippen MR) is 253 cm³/mol. The van der Waals surface area contributed by atoms with Gasteiger partial charge in [0, 0.05) is 37.9 Å². The molecule has 9 rings (SSSR count). The number of hydrogen-bond acceptors (Lipinski definition) is 8. The fourth-order valence-corrected chi connectivity index (χ4v) is 9.12. The third-order valence-corrected chi connectivity index (χ3v) is 13.3. The summed E-state index contributed by atoms with van der Waals surface area (Å²) in [5, 5.41) is 19.6. The Morgan fingerprint density at radius 1 is 0.667 bits per heavy atom. The lowest BCUT2D eigenvalue weighted by atomic mass is 9.75. The molecule has 2 aromatic heterocycles. The first-order chi connectivity index (χ1) is 29.8. The third-order valence-electron chi connectivity index (χ3n) is 12.8. The van der Waals surface area contributed by atoms with Gasteiger partial charge < -0.3 is 24.2 Å². The Kier molecular flexibility index (Phi) is 13.7. The van der Waals surface area contributed by atoms with Crippen molar-refractivity contribution in [2.75, 3.05) is 23.4 Å². The number of allylic oxidation sites excluding steroid dienone is 2. The van der Waals surface area contributed by atoms with Crippen molar-refractivity contribution in [3.05, 3.63) is 144 Å². The van der Waals surface area contributed by atoms with E-state index in [4.69, 9.17) is 5.11 Å². The standard InChI is InChI=1S/C16H20N2O4.C16H18N2O2.C14H15NO2.C3H5Br/c1-16(2)6-7-17-13-11(16)4-3-5-12(13)18(8-10(20)9-19)15(22)14(17)21;1-4-9-17-12-7-5-6-11-13(12)18(15(20)14(17)19)10-8-16(11,2)3;1-14(2)6-7-15-12-9(4-3-5-10(12)14)8-11(16)13(15)17;1-2-3-4/h3-5,10,19-20H,6-9H2,1-2H3;4-7H,1,8-10H2,2-3H3;3-5H,6-8H2,1-2H3;2H,1,3H2. The number of rotatable bonds is 6. The Bertz CT molecular complexity index is 2880. The molecule has 3 aromatic carbocycles. The molecule has 14 heteroatoms. The quantitative estimate of drug-likeness (QED) is 0.126. The molecule has 0 bridgehead atoms. The second-order valence-corrected chi connectivity index (χ2v) is 19.1. The smallest absolute Gasteiger partial charge is 0.317 e. The number of amides is 1. The van der Waals surface area contributed by atoms with Gasteiger partial charge >= 0.3 is 22.2 Å². The van der Waals surface area contributed by atoms with Crippen molar-refractivity contribution in [1.82, 2.24) is 18.3 Å². The largest absolute Gasteiger partial charge is 0.394 e. The van der Waals surface area contributed by atoms with E-state index < -0.39 is 34.9 Å². The molecule has 63 heavy (non-hydrogen) atoms. The highest BCUT2D eigenvalue weighted by Gasteiger charge is 2.40. The fraction of sp³-hybridized carbons (Fsp3) is 0.429. The van der Waals surface area contributed by atoms with Crippen LogP contribution in [-0.4, -0.2) is 64.8 Å². The molecule has 13 nitrogen and oxygen atoms in total. The van der Waals surface area contributed by atoms with Gasteiger partial charge in [-0.05, 0) is 69.9 Å². The Labute approximate surface area is 374 Å². The second kappa shape index (κ2) is 18.3. The molecule has 0 aliphatic carbocycles. The molecular weight excluding hydrogens is 866 g/mol. The van der Waals surface area contributed by atoms with Crippen LogP contribution >= 0.6 is 15.9 Å². The predicted octanol–water partition coefficient (Wildman–Crippen LogP) is 5.62. The van der Waals surface area contributed by atoms with Crippen LogP contribution < -0.4 is 27.1 Å². The summed E-state index contributed by atoms with van der Waals surface area (Å²) in [6.07, 6.45) is 5.19. The van der Waals surface area contributed by atoms with Crippen molar-refractivity contribution in [1.29, 1.82) is 0 Å². The normalized spacial score (nSPS) is 17.5. The van der Waals surface area contributed by atoms with Gasteiger partial charge in [0.2, 0.25) is 5.78 Å². The van der Waals surface area contributed by atoms with E-state index in [0.717, 1.165) is 63.5 Å². The van der Waals surface area contributed by atoms with E-state index in [2.05, 4.69) is 82.8 Å². The van der Waals surface area contributed by atoms with Gasteiger partial charge in [-0.1, -0.05) is 112 Å². The number of aryl methyl sites for hydroxylation is 2. The van der Waals surface area contributed by atoms with E-state index in [1.54, 1.807) is 32.3 Å². The molecular formula is C49H58BrN5O8. The van der Waals surface area contributed by atoms with Crippen LogP contribution in [0.3, 0.4) is 0 Å². The van der Waals surface area contributed by atoms with Gasteiger partial charge in [0.05, 0.1) is 47.0 Å². The molecule has 1 unspecified atom stereocenters.